The van der Waals surface area contributed by atoms with Gasteiger partial charge in [-0.3, -0.25) is 24.8 Å². The highest BCUT2D eigenvalue weighted by molar-refractivity contribution is 7.62. The SMILES string of the molecule is COP(=O)(O)c1c([N+](=O)[O-])cc(C(F)(F)F)cc1[N+](=O)[O-].NCC1CC2CCC1C2. The first-order valence-electron chi connectivity index (χ1n) is 8.95. The van der Waals surface area contributed by atoms with Crippen molar-refractivity contribution in [2.75, 3.05) is 13.7 Å². The summed E-state index contributed by atoms with van der Waals surface area (Å²) in [6.07, 6.45) is 0.817. The topological polar surface area (TPSA) is 159 Å². The molecule has 2 aliphatic rings. The zero-order valence-corrected chi connectivity index (χ0v) is 16.8. The van der Waals surface area contributed by atoms with Crippen LogP contribution in [0.1, 0.15) is 31.2 Å². The molecule has 10 nitrogen and oxygen atoms in total. The number of benzene rings is 1. The van der Waals surface area contributed by atoms with Gasteiger partial charge in [-0.1, -0.05) is 6.42 Å². The van der Waals surface area contributed by atoms with Crippen LogP contribution in [0.2, 0.25) is 0 Å². The lowest BCUT2D eigenvalue weighted by molar-refractivity contribution is -0.392. The van der Waals surface area contributed by atoms with Crippen molar-refractivity contribution >= 4 is 24.3 Å². The number of nitrogens with zero attached hydrogens (tertiary/aromatic N) is 2. The number of fused-ring (bicyclic) bond motifs is 2. The molecule has 2 aliphatic carbocycles. The maximum Gasteiger partial charge on any atom is 0.416 e. The van der Waals surface area contributed by atoms with Crippen LogP contribution in [0.25, 0.3) is 0 Å². The maximum absolute atomic E-state index is 12.6. The van der Waals surface area contributed by atoms with E-state index in [1.54, 1.807) is 0 Å². The van der Waals surface area contributed by atoms with Crippen LogP contribution >= 0.6 is 7.60 Å². The highest BCUT2D eigenvalue weighted by Gasteiger charge is 2.44. The molecule has 2 bridgehead atoms. The zero-order valence-electron chi connectivity index (χ0n) is 15.9. The Kier molecular flexibility index (Phi) is 7.23. The van der Waals surface area contributed by atoms with E-state index >= 15 is 0 Å². The van der Waals surface area contributed by atoms with E-state index in [1.165, 1.54) is 25.7 Å². The van der Waals surface area contributed by atoms with Crippen LogP contribution in [0.3, 0.4) is 0 Å². The highest BCUT2D eigenvalue weighted by atomic mass is 31.2. The first-order chi connectivity index (χ1) is 13.8. The molecule has 2 fully saturated rings. The summed E-state index contributed by atoms with van der Waals surface area (Å²) in [5.41, 5.74) is 0.879. The summed E-state index contributed by atoms with van der Waals surface area (Å²) in [6.45, 7) is 0.946. The molecule has 1 aromatic carbocycles. The maximum atomic E-state index is 12.6. The van der Waals surface area contributed by atoms with Gasteiger partial charge in [-0.2, -0.15) is 13.2 Å². The van der Waals surface area contributed by atoms with E-state index < -0.39 is 45.9 Å². The number of hydrogen-bond donors (Lipinski definition) is 2. The first-order valence-corrected chi connectivity index (χ1v) is 10.5. The van der Waals surface area contributed by atoms with Crippen LogP contribution < -0.4 is 11.0 Å². The Hall–Kier alpha value is -2.08. The van der Waals surface area contributed by atoms with E-state index in [0.29, 0.717) is 7.11 Å². The minimum Gasteiger partial charge on any atom is -0.330 e. The second kappa shape index (κ2) is 8.96. The molecular weight excluding hydrogens is 434 g/mol. The average Bonchev–Trinajstić information content (AvgIpc) is 3.29. The highest BCUT2D eigenvalue weighted by Crippen LogP contribution is 2.48. The predicted molar refractivity (Wildman–Crippen MR) is 99.2 cm³/mol. The Morgan fingerprint density at radius 1 is 1.20 bits per heavy atom. The van der Waals surface area contributed by atoms with Gasteiger partial charge in [0.15, 0.2) is 0 Å². The minimum atomic E-state index is -5.11. The van der Waals surface area contributed by atoms with Gasteiger partial charge in [-0.15, -0.1) is 0 Å². The number of hydrogen-bond acceptors (Lipinski definition) is 7. The number of nitro groups is 2. The molecule has 0 heterocycles. The standard InChI is InChI=1S/C8H6F3N2O7P.C8H15N/c1-20-21(18,19)7-5(12(14)15)2-4(8(9,10)11)3-6(7)13(16)17;9-5-8-4-6-1-2-7(8)3-6/h2-3H,1H3,(H,18,19);6-8H,1-5,9H2. The Labute approximate surface area is 169 Å². The quantitative estimate of drug-likeness (QED) is 0.388. The zero-order chi connectivity index (χ0) is 22.9. The van der Waals surface area contributed by atoms with E-state index in [2.05, 4.69) is 4.52 Å². The number of halogens is 3. The van der Waals surface area contributed by atoms with Gasteiger partial charge in [0.05, 0.1) is 15.4 Å². The Balaban J connectivity index is 0.000000290. The van der Waals surface area contributed by atoms with Gasteiger partial charge in [-0.05, 0) is 43.6 Å². The molecule has 0 radical (unpaired) electrons. The summed E-state index contributed by atoms with van der Waals surface area (Å²) in [5.74, 6) is 3.01. The first kappa shape index (κ1) is 24.2. The minimum absolute atomic E-state index is 0.0653. The van der Waals surface area contributed by atoms with Crippen LogP contribution in [-0.4, -0.2) is 28.4 Å². The van der Waals surface area contributed by atoms with Crippen LogP contribution in [0.5, 0.6) is 0 Å². The summed E-state index contributed by atoms with van der Waals surface area (Å²) in [7, 11) is -4.40. The van der Waals surface area contributed by atoms with E-state index in [4.69, 9.17) is 5.73 Å². The Morgan fingerprint density at radius 3 is 2.00 bits per heavy atom. The fraction of sp³-hybridized carbons (Fsp3) is 0.625. The smallest absolute Gasteiger partial charge is 0.330 e. The monoisotopic (exact) mass is 455 g/mol. The number of nitrogens with two attached hydrogens (primary N) is 1. The fourth-order valence-corrected chi connectivity index (χ4v) is 5.15. The van der Waals surface area contributed by atoms with E-state index in [9.17, 15) is 42.9 Å². The lowest BCUT2D eigenvalue weighted by Gasteiger charge is -2.18. The second-order valence-electron chi connectivity index (χ2n) is 7.25. The third-order valence-corrected chi connectivity index (χ3v) is 7.03. The third kappa shape index (κ3) is 5.15. The summed E-state index contributed by atoms with van der Waals surface area (Å²) < 4.78 is 53.4. The Morgan fingerprint density at radius 2 is 1.73 bits per heavy atom. The third-order valence-electron chi connectivity index (χ3n) is 5.51. The fourth-order valence-electron chi connectivity index (χ4n) is 4.09. The summed E-state index contributed by atoms with van der Waals surface area (Å²) in [6, 6.07) is -0.131. The number of rotatable bonds is 5. The van der Waals surface area contributed by atoms with Gasteiger partial charge in [0.25, 0.3) is 11.4 Å². The summed E-state index contributed by atoms with van der Waals surface area (Å²) in [4.78, 5) is 28.1. The molecule has 0 aliphatic heterocycles. The molecule has 4 unspecified atom stereocenters. The van der Waals surface area contributed by atoms with Gasteiger partial charge in [-0.25, -0.2) is 0 Å². The van der Waals surface area contributed by atoms with Gasteiger partial charge in [0.2, 0.25) is 5.30 Å². The van der Waals surface area contributed by atoms with Gasteiger partial charge >= 0.3 is 13.8 Å². The van der Waals surface area contributed by atoms with Crippen molar-refractivity contribution in [2.45, 2.75) is 31.9 Å². The Bertz CT molecular complexity index is 845. The molecule has 3 N–H and O–H groups in total. The van der Waals surface area contributed by atoms with Crippen molar-refractivity contribution in [3.05, 3.63) is 37.9 Å². The molecule has 1 aromatic rings. The van der Waals surface area contributed by atoms with Gasteiger partial charge in [0, 0.05) is 19.2 Å². The summed E-state index contributed by atoms with van der Waals surface area (Å²) >= 11 is 0. The summed E-state index contributed by atoms with van der Waals surface area (Å²) in [5, 5.41) is 20.1. The molecule has 4 atom stereocenters. The molecule has 30 heavy (non-hydrogen) atoms. The van der Waals surface area contributed by atoms with Crippen molar-refractivity contribution in [1.82, 2.24) is 0 Å². The van der Waals surface area contributed by atoms with Crippen LogP contribution in [0.15, 0.2) is 12.1 Å². The largest absolute Gasteiger partial charge is 0.416 e. The van der Waals surface area contributed by atoms with Crippen LogP contribution in [-0.2, 0) is 15.3 Å². The van der Waals surface area contributed by atoms with Crippen molar-refractivity contribution in [2.24, 2.45) is 23.5 Å². The predicted octanol–water partition coefficient (Wildman–Crippen LogP) is 3.36. The van der Waals surface area contributed by atoms with E-state index in [0.717, 1.165) is 24.3 Å². The van der Waals surface area contributed by atoms with Gasteiger partial charge in [0.1, 0.15) is 0 Å². The number of alkyl halides is 3. The normalized spacial score (nSPS) is 24.7. The molecule has 14 heteroatoms. The van der Waals surface area contributed by atoms with Crippen LogP contribution in [0, 0.1) is 38.0 Å². The molecule has 168 valence electrons. The molecule has 0 saturated heterocycles. The van der Waals surface area contributed by atoms with Crippen molar-refractivity contribution in [1.29, 1.82) is 0 Å². The van der Waals surface area contributed by atoms with Crippen molar-refractivity contribution in [3.63, 3.8) is 0 Å². The van der Waals surface area contributed by atoms with Crippen molar-refractivity contribution < 1.29 is 37.0 Å². The van der Waals surface area contributed by atoms with E-state index in [-0.39, 0.29) is 12.1 Å². The lowest BCUT2D eigenvalue weighted by atomic mass is 9.89. The molecule has 0 spiro atoms. The average molecular weight is 455 g/mol. The molecular formula is C16H21F3N3O7P. The second-order valence-corrected chi connectivity index (χ2v) is 9.10. The lowest BCUT2D eigenvalue weighted by Crippen LogP contribution is -2.19. The molecule has 0 aromatic heterocycles. The van der Waals surface area contributed by atoms with Crippen LogP contribution in [0.4, 0.5) is 24.5 Å². The molecule has 3 rings (SSSR count). The van der Waals surface area contributed by atoms with Crippen molar-refractivity contribution in [3.8, 4) is 0 Å². The number of nitro benzene ring substituents is 2. The molecule has 0 amide bonds. The molecule has 2 saturated carbocycles. The van der Waals surface area contributed by atoms with E-state index in [1.807, 2.05) is 0 Å². The van der Waals surface area contributed by atoms with Gasteiger partial charge < -0.3 is 15.2 Å².